The van der Waals surface area contributed by atoms with Gasteiger partial charge in [-0.2, -0.15) is 0 Å². The lowest BCUT2D eigenvalue weighted by Gasteiger charge is -2.39. The predicted molar refractivity (Wildman–Crippen MR) is 109 cm³/mol. The van der Waals surface area contributed by atoms with Gasteiger partial charge in [0.15, 0.2) is 0 Å². The molecule has 0 atom stereocenters. The van der Waals surface area contributed by atoms with E-state index in [1.54, 1.807) is 24.3 Å². The quantitative estimate of drug-likeness (QED) is 0.810. The van der Waals surface area contributed by atoms with Crippen LogP contribution in [0.2, 0.25) is 5.02 Å². The summed E-state index contributed by atoms with van der Waals surface area (Å²) in [5.41, 5.74) is 2.76. The second-order valence-electron chi connectivity index (χ2n) is 6.89. The van der Waals surface area contributed by atoms with Crippen LogP contribution in [-0.4, -0.2) is 63.3 Å². The first-order valence-electron chi connectivity index (χ1n) is 9.44. The first-order chi connectivity index (χ1) is 13.2. The van der Waals surface area contributed by atoms with Gasteiger partial charge in [-0.25, -0.2) is 0 Å². The summed E-state index contributed by atoms with van der Waals surface area (Å²) in [6, 6.07) is 15.3. The third-order valence-electron chi connectivity index (χ3n) is 5.23. The van der Waals surface area contributed by atoms with Gasteiger partial charge in [0, 0.05) is 49.9 Å². The van der Waals surface area contributed by atoms with Crippen molar-refractivity contribution in [3.8, 4) is 0 Å². The summed E-state index contributed by atoms with van der Waals surface area (Å²) in [6.07, 6.45) is 0. The molecule has 0 radical (unpaired) electrons. The minimum atomic E-state index is 0.0203. The van der Waals surface area contributed by atoms with Gasteiger partial charge in [-0.15, -0.1) is 0 Å². The Morgan fingerprint density at radius 1 is 0.889 bits per heavy atom. The number of halogens is 1. The molecule has 0 saturated carbocycles. The van der Waals surface area contributed by atoms with Crippen molar-refractivity contribution in [1.29, 1.82) is 0 Å². The zero-order valence-electron chi connectivity index (χ0n) is 15.3. The van der Waals surface area contributed by atoms with E-state index in [4.69, 9.17) is 16.3 Å². The number of hydrogen-bond donors (Lipinski definition) is 0. The number of ether oxygens (including phenoxy) is 1. The van der Waals surface area contributed by atoms with Crippen LogP contribution in [0.1, 0.15) is 10.4 Å². The maximum absolute atomic E-state index is 13.0. The first-order valence-corrected chi connectivity index (χ1v) is 9.82. The molecule has 2 aliphatic heterocycles. The molecule has 2 aromatic carbocycles. The summed E-state index contributed by atoms with van der Waals surface area (Å²) in [6.45, 7) is 7.12. The van der Waals surface area contributed by atoms with Gasteiger partial charge in [0.25, 0.3) is 5.91 Å². The molecule has 1 amide bonds. The number of anilines is 2. The van der Waals surface area contributed by atoms with Crippen LogP contribution < -0.4 is 9.80 Å². The molecule has 0 aromatic heterocycles. The summed E-state index contributed by atoms with van der Waals surface area (Å²) in [5.74, 6) is 0.0203. The van der Waals surface area contributed by atoms with Crippen LogP contribution in [0.15, 0.2) is 48.5 Å². The Bertz CT molecular complexity index is 790. The molecule has 1 saturated heterocycles. The van der Waals surface area contributed by atoms with Crippen molar-refractivity contribution in [2.45, 2.75) is 0 Å². The van der Waals surface area contributed by atoms with Crippen LogP contribution in [0.4, 0.5) is 11.4 Å². The van der Waals surface area contributed by atoms with Gasteiger partial charge in [0.2, 0.25) is 0 Å². The van der Waals surface area contributed by atoms with Gasteiger partial charge in [-0.1, -0.05) is 23.7 Å². The maximum atomic E-state index is 13.0. The number of amides is 1. The van der Waals surface area contributed by atoms with E-state index >= 15 is 0 Å². The number of nitrogens with zero attached hydrogens (tertiary/aromatic N) is 3. The molecular weight excluding hydrogens is 362 g/mol. The normalized spacial score (nSPS) is 17.7. The van der Waals surface area contributed by atoms with Gasteiger partial charge in [0.1, 0.15) is 0 Å². The van der Waals surface area contributed by atoms with Crippen molar-refractivity contribution >= 4 is 28.9 Å². The highest BCUT2D eigenvalue weighted by Crippen LogP contribution is 2.33. The summed E-state index contributed by atoms with van der Waals surface area (Å²) in [4.78, 5) is 19.7. The minimum absolute atomic E-state index is 0.0203. The van der Waals surface area contributed by atoms with Crippen LogP contribution in [0, 0.1) is 0 Å². The molecule has 4 rings (SSSR count). The van der Waals surface area contributed by atoms with E-state index in [1.165, 1.54) is 0 Å². The minimum Gasteiger partial charge on any atom is -0.379 e. The molecule has 5 nitrogen and oxygen atoms in total. The second-order valence-corrected chi connectivity index (χ2v) is 7.33. The molecule has 6 heteroatoms. The smallest absolute Gasteiger partial charge is 0.258 e. The van der Waals surface area contributed by atoms with E-state index in [9.17, 15) is 4.79 Å². The van der Waals surface area contributed by atoms with E-state index in [2.05, 4.69) is 15.9 Å². The summed E-state index contributed by atoms with van der Waals surface area (Å²) >= 11 is 5.96. The molecule has 0 bridgehead atoms. The average molecular weight is 386 g/mol. The Kier molecular flexibility index (Phi) is 5.62. The van der Waals surface area contributed by atoms with Gasteiger partial charge in [-0.05, 0) is 36.4 Å². The lowest BCUT2D eigenvalue weighted by atomic mass is 10.1. The predicted octanol–water partition coefficient (Wildman–Crippen LogP) is 3.14. The van der Waals surface area contributed by atoms with E-state index < -0.39 is 0 Å². The van der Waals surface area contributed by atoms with Crippen molar-refractivity contribution in [3.05, 3.63) is 59.1 Å². The molecular formula is C21H24ClN3O2. The zero-order chi connectivity index (χ0) is 18.6. The molecule has 2 heterocycles. The largest absolute Gasteiger partial charge is 0.379 e. The van der Waals surface area contributed by atoms with Gasteiger partial charge < -0.3 is 14.5 Å². The first kappa shape index (κ1) is 18.3. The monoisotopic (exact) mass is 385 g/mol. The second kappa shape index (κ2) is 8.30. The Labute approximate surface area is 165 Å². The van der Waals surface area contributed by atoms with E-state index in [0.717, 1.165) is 57.3 Å². The average Bonchev–Trinajstić information content (AvgIpc) is 2.73. The van der Waals surface area contributed by atoms with Crippen molar-refractivity contribution in [1.82, 2.24) is 4.90 Å². The topological polar surface area (TPSA) is 36.0 Å². The standard InChI is InChI=1S/C21H24ClN3O2/c22-18-7-5-17(6-8-18)21(26)25-12-11-24(19-3-1-2-4-20(19)25)10-9-23-13-15-27-16-14-23/h1-8H,9-16H2. The molecule has 0 spiro atoms. The third-order valence-corrected chi connectivity index (χ3v) is 5.48. The number of morpholine rings is 1. The third kappa shape index (κ3) is 4.10. The van der Waals surface area contributed by atoms with Crippen LogP contribution >= 0.6 is 11.6 Å². The molecule has 0 aliphatic carbocycles. The number of para-hydroxylation sites is 2. The van der Waals surface area contributed by atoms with E-state index in [0.29, 0.717) is 17.1 Å². The molecule has 2 aliphatic rings. The van der Waals surface area contributed by atoms with E-state index in [-0.39, 0.29) is 5.91 Å². The molecule has 1 fully saturated rings. The van der Waals surface area contributed by atoms with Crippen molar-refractivity contribution in [3.63, 3.8) is 0 Å². The number of carbonyl (C=O) groups excluding carboxylic acids is 1. The number of rotatable bonds is 4. The van der Waals surface area contributed by atoms with E-state index in [1.807, 2.05) is 23.1 Å². The lowest BCUT2D eigenvalue weighted by molar-refractivity contribution is 0.0391. The summed E-state index contributed by atoms with van der Waals surface area (Å²) in [5, 5.41) is 0.639. The Morgan fingerprint density at radius 3 is 2.33 bits per heavy atom. The molecule has 2 aromatic rings. The van der Waals surface area contributed by atoms with Crippen LogP contribution in [0.5, 0.6) is 0 Å². The highest BCUT2D eigenvalue weighted by molar-refractivity contribution is 6.30. The van der Waals surface area contributed by atoms with Crippen LogP contribution in [0.3, 0.4) is 0 Å². The van der Waals surface area contributed by atoms with Crippen molar-refractivity contribution in [2.24, 2.45) is 0 Å². The molecule has 142 valence electrons. The SMILES string of the molecule is O=C(c1ccc(Cl)cc1)N1CCN(CCN2CCOCC2)c2ccccc21. The lowest BCUT2D eigenvalue weighted by Crippen LogP contribution is -2.47. The fourth-order valence-corrected chi connectivity index (χ4v) is 3.83. The van der Waals surface area contributed by atoms with Gasteiger partial charge in [0.05, 0.1) is 24.6 Å². The summed E-state index contributed by atoms with van der Waals surface area (Å²) < 4.78 is 5.43. The highest BCUT2D eigenvalue weighted by Gasteiger charge is 2.27. The highest BCUT2D eigenvalue weighted by atomic mass is 35.5. The molecule has 27 heavy (non-hydrogen) atoms. The fraction of sp³-hybridized carbons (Fsp3) is 0.381. The Morgan fingerprint density at radius 2 is 1.59 bits per heavy atom. The Balaban J connectivity index is 1.50. The number of hydrogen-bond acceptors (Lipinski definition) is 4. The number of fused-ring (bicyclic) bond motifs is 1. The van der Waals surface area contributed by atoms with Gasteiger partial charge >= 0.3 is 0 Å². The van der Waals surface area contributed by atoms with Crippen LogP contribution in [0.25, 0.3) is 0 Å². The Hall–Kier alpha value is -2.08. The van der Waals surface area contributed by atoms with Crippen molar-refractivity contribution in [2.75, 3.05) is 62.3 Å². The summed E-state index contributed by atoms with van der Waals surface area (Å²) in [7, 11) is 0. The zero-order valence-corrected chi connectivity index (χ0v) is 16.1. The number of carbonyl (C=O) groups is 1. The fourth-order valence-electron chi connectivity index (χ4n) is 3.70. The van der Waals surface area contributed by atoms with Crippen molar-refractivity contribution < 1.29 is 9.53 Å². The molecule has 0 N–H and O–H groups in total. The number of benzene rings is 2. The van der Waals surface area contributed by atoms with Gasteiger partial charge in [-0.3, -0.25) is 9.69 Å². The van der Waals surface area contributed by atoms with Crippen LogP contribution in [-0.2, 0) is 4.74 Å². The maximum Gasteiger partial charge on any atom is 0.258 e. The molecule has 0 unspecified atom stereocenters.